The van der Waals surface area contributed by atoms with Crippen LogP contribution in [0, 0.1) is 0 Å². The summed E-state index contributed by atoms with van der Waals surface area (Å²) in [5.74, 6) is 0.976. The average Bonchev–Trinajstić information content (AvgIpc) is 2.84. The molecule has 7 heteroatoms. The minimum atomic E-state index is -0.0528. The number of nitrogens with zero attached hydrogens (tertiary/aromatic N) is 2. The van der Waals surface area contributed by atoms with E-state index in [1.54, 1.807) is 4.90 Å². The lowest BCUT2D eigenvalue weighted by Crippen LogP contribution is -2.37. The molecule has 2 aliphatic heterocycles. The largest absolute Gasteiger partial charge is 0.336 e. The molecule has 1 unspecified atom stereocenters. The average molecular weight is 348 g/mol. The molecule has 1 aromatic rings. The van der Waals surface area contributed by atoms with Crippen LogP contribution in [-0.4, -0.2) is 59.0 Å². The predicted octanol–water partition coefficient (Wildman–Crippen LogP) is 2.57. The molecular formula is C17H24N4O2S. The lowest BCUT2D eigenvalue weighted by Gasteiger charge is -2.22. The van der Waals surface area contributed by atoms with Gasteiger partial charge in [-0.15, -0.1) is 0 Å². The maximum atomic E-state index is 12.6. The Morgan fingerprint density at radius 1 is 1.33 bits per heavy atom. The van der Waals surface area contributed by atoms with Crippen molar-refractivity contribution in [1.82, 2.24) is 15.1 Å². The molecule has 2 saturated heterocycles. The Balaban J connectivity index is 1.66. The van der Waals surface area contributed by atoms with E-state index >= 15 is 0 Å². The number of para-hydroxylation sites is 1. The first-order valence-electron chi connectivity index (χ1n) is 8.41. The van der Waals surface area contributed by atoms with E-state index < -0.39 is 0 Å². The van der Waals surface area contributed by atoms with Crippen LogP contribution in [0.2, 0.25) is 0 Å². The summed E-state index contributed by atoms with van der Waals surface area (Å²) in [5.41, 5.74) is 1.74. The first kappa shape index (κ1) is 17.0. The zero-order chi connectivity index (χ0) is 16.9. The van der Waals surface area contributed by atoms with E-state index in [-0.39, 0.29) is 12.1 Å². The van der Waals surface area contributed by atoms with Crippen LogP contribution in [-0.2, 0) is 6.54 Å². The maximum absolute atomic E-state index is 12.6. The van der Waals surface area contributed by atoms with Gasteiger partial charge in [0.15, 0.2) is 0 Å². The number of rotatable bonds is 3. The molecule has 6 nitrogen and oxygen atoms in total. The third-order valence-corrected chi connectivity index (χ3v) is 5.64. The predicted molar refractivity (Wildman–Crippen MR) is 97.4 cm³/mol. The van der Waals surface area contributed by atoms with E-state index in [2.05, 4.69) is 17.6 Å². The third-order valence-electron chi connectivity index (χ3n) is 4.42. The first-order valence-corrected chi connectivity index (χ1v) is 9.46. The molecule has 0 aliphatic carbocycles. The van der Waals surface area contributed by atoms with Gasteiger partial charge < -0.3 is 20.4 Å². The number of benzene rings is 1. The van der Waals surface area contributed by atoms with Gasteiger partial charge in [-0.05, 0) is 18.1 Å². The molecule has 2 N–H and O–H groups in total. The summed E-state index contributed by atoms with van der Waals surface area (Å²) in [4.78, 5) is 28.0. The van der Waals surface area contributed by atoms with E-state index in [9.17, 15) is 9.59 Å². The molecule has 0 spiro atoms. The van der Waals surface area contributed by atoms with E-state index in [0.717, 1.165) is 36.5 Å². The highest BCUT2D eigenvalue weighted by atomic mass is 32.2. The summed E-state index contributed by atoms with van der Waals surface area (Å²) in [5, 5.41) is 6.43. The van der Waals surface area contributed by atoms with Crippen LogP contribution in [0.15, 0.2) is 24.3 Å². The SMILES string of the molecule is CC1CCN(C(=O)Nc2ccccc2CN2CCNC2=O)CCS1. The number of amides is 4. The van der Waals surface area contributed by atoms with Crippen molar-refractivity contribution in [2.45, 2.75) is 25.1 Å². The highest BCUT2D eigenvalue weighted by molar-refractivity contribution is 7.99. The van der Waals surface area contributed by atoms with Crippen LogP contribution < -0.4 is 10.6 Å². The number of nitrogens with one attached hydrogen (secondary N) is 2. The molecule has 0 bridgehead atoms. The van der Waals surface area contributed by atoms with Crippen molar-refractivity contribution in [2.24, 2.45) is 0 Å². The van der Waals surface area contributed by atoms with Crippen molar-refractivity contribution in [3.63, 3.8) is 0 Å². The molecule has 24 heavy (non-hydrogen) atoms. The fourth-order valence-corrected chi connectivity index (χ4v) is 3.94. The summed E-state index contributed by atoms with van der Waals surface area (Å²) < 4.78 is 0. The van der Waals surface area contributed by atoms with Crippen molar-refractivity contribution < 1.29 is 9.59 Å². The van der Waals surface area contributed by atoms with Crippen LogP contribution >= 0.6 is 11.8 Å². The molecule has 2 heterocycles. The zero-order valence-corrected chi connectivity index (χ0v) is 14.8. The van der Waals surface area contributed by atoms with Gasteiger partial charge in [0.05, 0.1) is 0 Å². The van der Waals surface area contributed by atoms with E-state index in [0.29, 0.717) is 24.9 Å². The topological polar surface area (TPSA) is 64.7 Å². The molecule has 2 aliphatic rings. The van der Waals surface area contributed by atoms with Crippen molar-refractivity contribution in [2.75, 3.05) is 37.2 Å². The lowest BCUT2D eigenvalue weighted by atomic mass is 10.1. The van der Waals surface area contributed by atoms with Gasteiger partial charge in [-0.1, -0.05) is 25.1 Å². The molecule has 2 fully saturated rings. The van der Waals surface area contributed by atoms with Crippen molar-refractivity contribution in [3.05, 3.63) is 29.8 Å². The Bertz CT molecular complexity index is 610. The fourth-order valence-electron chi connectivity index (χ4n) is 2.94. The third kappa shape index (κ3) is 4.14. The number of hydrogen-bond acceptors (Lipinski definition) is 3. The number of carbonyl (C=O) groups excluding carboxylic acids is 2. The normalized spacial score (nSPS) is 21.4. The molecule has 0 radical (unpaired) electrons. The summed E-state index contributed by atoms with van der Waals surface area (Å²) in [7, 11) is 0. The van der Waals surface area contributed by atoms with Crippen LogP contribution in [0.3, 0.4) is 0 Å². The number of carbonyl (C=O) groups is 2. The van der Waals surface area contributed by atoms with Gasteiger partial charge in [0.1, 0.15) is 0 Å². The quantitative estimate of drug-likeness (QED) is 0.882. The zero-order valence-electron chi connectivity index (χ0n) is 14.0. The van der Waals surface area contributed by atoms with E-state index in [1.165, 1.54) is 0 Å². The lowest BCUT2D eigenvalue weighted by molar-refractivity contribution is 0.215. The van der Waals surface area contributed by atoms with Gasteiger partial charge >= 0.3 is 12.1 Å². The van der Waals surface area contributed by atoms with Gasteiger partial charge in [-0.2, -0.15) is 11.8 Å². The highest BCUT2D eigenvalue weighted by Crippen LogP contribution is 2.21. The number of urea groups is 2. The Labute approximate surface area is 146 Å². The molecule has 3 rings (SSSR count). The number of hydrogen-bond donors (Lipinski definition) is 2. The minimum absolute atomic E-state index is 0.0466. The molecule has 130 valence electrons. The Morgan fingerprint density at radius 2 is 2.17 bits per heavy atom. The second kappa shape index (κ2) is 7.79. The molecule has 4 amide bonds. The Hall–Kier alpha value is -1.89. The van der Waals surface area contributed by atoms with Crippen LogP contribution in [0.4, 0.5) is 15.3 Å². The highest BCUT2D eigenvalue weighted by Gasteiger charge is 2.22. The standard InChI is InChI=1S/C17H24N4O2S/c1-13-6-8-20(10-11-24-13)17(23)19-15-5-3-2-4-14(15)12-21-9-7-18-16(21)22/h2-5,13H,6-12H2,1H3,(H,18,22)(H,19,23). The number of thioether (sulfide) groups is 1. The van der Waals surface area contributed by atoms with Crippen LogP contribution in [0.25, 0.3) is 0 Å². The van der Waals surface area contributed by atoms with Crippen LogP contribution in [0.1, 0.15) is 18.9 Å². The molecule has 0 aromatic heterocycles. The fraction of sp³-hybridized carbons (Fsp3) is 0.529. The number of anilines is 1. The van der Waals surface area contributed by atoms with E-state index in [4.69, 9.17) is 0 Å². The van der Waals surface area contributed by atoms with Crippen molar-refractivity contribution >= 4 is 29.5 Å². The molecular weight excluding hydrogens is 324 g/mol. The summed E-state index contributed by atoms with van der Waals surface area (Å²) in [6, 6.07) is 7.60. The van der Waals surface area contributed by atoms with Crippen molar-refractivity contribution in [3.8, 4) is 0 Å². The summed E-state index contributed by atoms with van der Waals surface area (Å²) >= 11 is 1.92. The molecule has 1 atom stereocenters. The van der Waals surface area contributed by atoms with E-state index in [1.807, 2.05) is 40.9 Å². The molecule has 0 saturated carbocycles. The van der Waals surface area contributed by atoms with Crippen molar-refractivity contribution in [1.29, 1.82) is 0 Å². The summed E-state index contributed by atoms with van der Waals surface area (Å²) in [6.07, 6.45) is 1.02. The second-order valence-electron chi connectivity index (χ2n) is 6.20. The van der Waals surface area contributed by atoms with Crippen LogP contribution in [0.5, 0.6) is 0 Å². The maximum Gasteiger partial charge on any atom is 0.321 e. The van der Waals surface area contributed by atoms with Gasteiger partial charge in [0.25, 0.3) is 0 Å². The monoisotopic (exact) mass is 348 g/mol. The minimum Gasteiger partial charge on any atom is -0.336 e. The van der Waals surface area contributed by atoms with Gasteiger partial charge in [-0.25, -0.2) is 9.59 Å². The Kier molecular flexibility index (Phi) is 5.50. The van der Waals surface area contributed by atoms with Gasteiger partial charge in [0, 0.05) is 49.4 Å². The summed E-state index contributed by atoms with van der Waals surface area (Å²) in [6.45, 7) is 5.66. The first-order chi connectivity index (χ1) is 11.6. The van der Waals surface area contributed by atoms with Gasteiger partial charge in [-0.3, -0.25) is 0 Å². The van der Waals surface area contributed by atoms with Gasteiger partial charge in [0.2, 0.25) is 0 Å². The smallest absolute Gasteiger partial charge is 0.321 e. The molecule has 1 aromatic carbocycles. The Morgan fingerprint density at radius 3 is 2.96 bits per heavy atom. The second-order valence-corrected chi connectivity index (χ2v) is 7.74.